The van der Waals surface area contributed by atoms with Crippen molar-refractivity contribution in [2.75, 3.05) is 13.7 Å². The van der Waals surface area contributed by atoms with Crippen molar-refractivity contribution in [2.45, 2.75) is 18.3 Å². The van der Waals surface area contributed by atoms with E-state index in [4.69, 9.17) is 4.74 Å². The van der Waals surface area contributed by atoms with Gasteiger partial charge in [-0.25, -0.2) is 4.79 Å². The van der Waals surface area contributed by atoms with Crippen LogP contribution in [0.15, 0.2) is 48.7 Å². The third-order valence-corrected chi connectivity index (χ3v) is 6.35. The Kier molecular flexibility index (Phi) is 5.27. The van der Waals surface area contributed by atoms with Crippen molar-refractivity contribution in [1.82, 2.24) is 25.3 Å². The molecular formula is C24H20F3N5O4. The van der Waals surface area contributed by atoms with E-state index in [2.05, 4.69) is 15.7 Å². The number of aryl methyl sites for hydroxylation is 1. The summed E-state index contributed by atoms with van der Waals surface area (Å²) in [5.74, 6) is -0.493. The molecule has 1 unspecified atom stereocenters. The van der Waals surface area contributed by atoms with E-state index >= 15 is 0 Å². The highest BCUT2D eigenvalue weighted by Gasteiger charge is 2.50. The molecule has 0 spiro atoms. The number of nitrogens with one attached hydrogen (secondary N) is 2. The minimum Gasteiger partial charge on any atom is -0.497 e. The molecule has 0 bridgehead atoms. The van der Waals surface area contributed by atoms with Crippen LogP contribution < -0.4 is 15.4 Å². The molecule has 2 aliphatic rings. The number of urea groups is 1. The Morgan fingerprint density at radius 2 is 1.81 bits per heavy atom. The summed E-state index contributed by atoms with van der Waals surface area (Å²) < 4.78 is 46.6. The number of methoxy groups -OCH3 is 1. The van der Waals surface area contributed by atoms with E-state index in [9.17, 15) is 27.6 Å². The molecule has 1 aromatic heterocycles. The fourth-order valence-electron chi connectivity index (χ4n) is 4.62. The van der Waals surface area contributed by atoms with Gasteiger partial charge in [0, 0.05) is 30.9 Å². The predicted molar refractivity (Wildman–Crippen MR) is 120 cm³/mol. The van der Waals surface area contributed by atoms with Crippen LogP contribution in [0.5, 0.6) is 5.75 Å². The number of fused-ring (bicyclic) bond motifs is 1. The summed E-state index contributed by atoms with van der Waals surface area (Å²) in [6.07, 6.45) is -3.39. The van der Waals surface area contributed by atoms with Crippen LogP contribution in [0.2, 0.25) is 0 Å². The zero-order chi connectivity index (χ0) is 25.8. The monoisotopic (exact) mass is 499 g/mol. The van der Waals surface area contributed by atoms with Gasteiger partial charge >= 0.3 is 12.2 Å². The number of benzene rings is 2. The molecule has 9 nitrogen and oxygen atoms in total. The van der Waals surface area contributed by atoms with Gasteiger partial charge in [0.2, 0.25) is 0 Å². The van der Waals surface area contributed by atoms with Gasteiger partial charge in [-0.2, -0.15) is 18.3 Å². The molecule has 2 aliphatic heterocycles. The van der Waals surface area contributed by atoms with Crippen LogP contribution in [0.1, 0.15) is 27.2 Å². The van der Waals surface area contributed by atoms with Crippen LogP contribution in [0.3, 0.4) is 0 Å². The summed E-state index contributed by atoms with van der Waals surface area (Å²) in [4.78, 5) is 39.7. The number of aromatic nitrogens is 2. The number of hydrogen-bond donors (Lipinski definition) is 2. The van der Waals surface area contributed by atoms with Crippen molar-refractivity contribution in [3.63, 3.8) is 0 Å². The number of hydrogen-bond acceptors (Lipinski definition) is 5. The van der Waals surface area contributed by atoms with Crippen LogP contribution in [-0.2, 0) is 30.1 Å². The number of imide groups is 1. The number of amides is 4. The molecule has 0 radical (unpaired) electrons. The summed E-state index contributed by atoms with van der Waals surface area (Å²) >= 11 is 0. The Balaban J connectivity index is 1.49. The number of ether oxygens (including phenoxy) is 1. The van der Waals surface area contributed by atoms with Gasteiger partial charge in [0.1, 0.15) is 5.75 Å². The van der Waals surface area contributed by atoms with E-state index < -0.39 is 29.3 Å². The second-order valence-corrected chi connectivity index (χ2v) is 8.64. The quantitative estimate of drug-likeness (QED) is 0.526. The summed E-state index contributed by atoms with van der Waals surface area (Å²) in [7, 11) is 2.88. The first kappa shape index (κ1) is 23.4. The number of rotatable bonds is 5. The molecule has 5 rings (SSSR count). The van der Waals surface area contributed by atoms with Gasteiger partial charge in [-0.3, -0.25) is 19.6 Å². The molecule has 2 N–H and O–H groups in total. The molecule has 3 aromatic rings. The Labute approximate surface area is 202 Å². The first-order valence-electron chi connectivity index (χ1n) is 10.8. The Bertz CT molecular complexity index is 1400. The van der Waals surface area contributed by atoms with Crippen LogP contribution >= 0.6 is 0 Å². The molecular weight excluding hydrogens is 479 g/mol. The first-order valence-corrected chi connectivity index (χ1v) is 10.8. The van der Waals surface area contributed by atoms with Gasteiger partial charge < -0.3 is 15.0 Å². The first-order chi connectivity index (χ1) is 17.0. The molecule has 4 amide bonds. The molecule has 1 saturated heterocycles. The van der Waals surface area contributed by atoms with Crippen LogP contribution in [0.25, 0.3) is 11.1 Å². The van der Waals surface area contributed by atoms with E-state index in [-0.39, 0.29) is 30.1 Å². The SMILES string of the molecule is COc1ccc2c(c1)C(=O)N(CC1(c3ccc(-c4cn(C)nc4C(F)(F)F)cc3)NC(=O)NC1=O)C2. The van der Waals surface area contributed by atoms with E-state index in [1.807, 2.05) is 0 Å². The van der Waals surface area contributed by atoms with Crippen molar-refractivity contribution < 1.29 is 32.3 Å². The number of nitrogens with zero attached hydrogens (tertiary/aromatic N) is 3. The van der Waals surface area contributed by atoms with Gasteiger partial charge in [-0.05, 0) is 28.8 Å². The second-order valence-electron chi connectivity index (χ2n) is 8.64. The smallest absolute Gasteiger partial charge is 0.435 e. The van der Waals surface area contributed by atoms with E-state index in [1.165, 1.54) is 49.5 Å². The van der Waals surface area contributed by atoms with Gasteiger partial charge in [0.25, 0.3) is 11.8 Å². The molecule has 0 saturated carbocycles. The average Bonchev–Trinajstić information content (AvgIpc) is 3.47. The summed E-state index contributed by atoms with van der Waals surface area (Å²) in [6, 6.07) is 10.1. The summed E-state index contributed by atoms with van der Waals surface area (Å²) in [5, 5.41) is 8.34. The van der Waals surface area contributed by atoms with E-state index in [0.29, 0.717) is 16.9 Å². The Morgan fingerprint density at radius 3 is 2.42 bits per heavy atom. The van der Waals surface area contributed by atoms with Gasteiger partial charge in [-0.1, -0.05) is 30.3 Å². The standard InChI is InChI=1S/C24H20F3N5O4/c1-31-11-18(19(30-31)24(25,26)27)13-3-6-15(7-4-13)23(21(34)28-22(35)29-23)12-32-10-14-5-8-16(36-2)9-17(14)20(32)33/h3-9,11H,10,12H2,1-2H3,(H2,28,29,34,35). The molecule has 0 aliphatic carbocycles. The maximum atomic E-state index is 13.4. The van der Waals surface area contributed by atoms with Crippen molar-refractivity contribution in [3.8, 4) is 16.9 Å². The molecule has 186 valence electrons. The summed E-state index contributed by atoms with van der Waals surface area (Å²) in [6.45, 7) is 0.0339. The molecule has 2 aromatic carbocycles. The predicted octanol–water partition coefficient (Wildman–Crippen LogP) is 2.81. The van der Waals surface area contributed by atoms with Crippen LogP contribution in [0.4, 0.5) is 18.0 Å². The van der Waals surface area contributed by atoms with Crippen LogP contribution in [-0.4, -0.2) is 46.2 Å². The fraction of sp³-hybridized carbons (Fsp3) is 0.250. The maximum Gasteiger partial charge on any atom is 0.435 e. The number of carbonyl (C=O) groups is 3. The normalized spacial score (nSPS) is 19.4. The van der Waals surface area contributed by atoms with Gasteiger partial charge in [-0.15, -0.1) is 0 Å². The second kappa shape index (κ2) is 8.11. The summed E-state index contributed by atoms with van der Waals surface area (Å²) in [5.41, 5.74) is -1.06. The fourth-order valence-corrected chi connectivity index (χ4v) is 4.62. The number of alkyl halides is 3. The molecule has 36 heavy (non-hydrogen) atoms. The molecule has 1 fully saturated rings. The number of carbonyl (C=O) groups excluding carboxylic acids is 3. The molecule has 12 heteroatoms. The van der Waals surface area contributed by atoms with E-state index in [0.717, 1.165) is 10.2 Å². The van der Waals surface area contributed by atoms with Crippen molar-refractivity contribution in [2.24, 2.45) is 7.05 Å². The lowest BCUT2D eigenvalue weighted by atomic mass is 9.88. The largest absolute Gasteiger partial charge is 0.497 e. The van der Waals surface area contributed by atoms with Crippen molar-refractivity contribution >= 4 is 17.8 Å². The van der Waals surface area contributed by atoms with Gasteiger partial charge in [0.05, 0.1) is 13.7 Å². The third-order valence-electron chi connectivity index (χ3n) is 6.35. The van der Waals surface area contributed by atoms with E-state index in [1.54, 1.807) is 18.2 Å². The topological polar surface area (TPSA) is 106 Å². The minimum atomic E-state index is -4.65. The molecule has 3 heterocycles. The Morgan fingerprint density at radius 1 is 1.08 bits per heavy atom. The lowest BCUT2D eigenvalue weighted by Gasteiger charge is -2.31. The lowest BCUT2D eigenvalue weighted by Crippen LogP contribution is -2.52. The minimum absolute atomic E-state index is 0.121. The number of halogens is 3. The molecule has 1 atom stereocenters. The zero-order valence-electron chi connectivity index (χ0n) is 19.1. The average molecular weight is 499 g/mol. The zero-order valence-corrected chi connectivity index (χ0v) is 19.1. The lowest BCUT2D eigenvalue weighted by molar-refractivity contribution is -0.141. The van der Waals surface area contributed by atoms with Crippen LogP contribution in [0, 0.1) is 0 Å². The van der Waals surface area contributed by atoms with Crippen molar-refractivity contribution in [3.05, 3.63) is 71.0 Å². The van der Waals surface area contributed by atoms with Gasteiger partial charge in [0.15, 0.2) is 11.2 Å². The highest BCUT2D eigenvalue weighted by molar-refractivity contribution is 6.08. The highest BCUT2D eigenvalue weighted by Crippen LogP contribution is 2.37. The maximum absolute atomic E-state index is 13.4. The highest BCUT2D eigenvalue weighted by atomic mass is 19.4. The van der Waals surface area contributed by atoms with Crippen molar-refractivity contribution in [1.29, 1.82) is 0 Å². The Hall–Kier alpha value is -4.35. The third kappa shape index (κ3) is 3.74.